The van der Waals surface area contributed by atoms with Gasteiger partial charge in [-0.3, -0.25) is 4.79 Å². The molecule has 2 aromatic rings. The number of hydrazone groups is 1. The van der Waals surface area contributed by atoms with Crippen LogP contribution in [0.3, 0.4) is 0 Å². The maximum atomic E-state index is 11.8. The van der Waals surface area contributed by atoms with Crippen molar-refractivity contribution in [2.75, 3.05) is 7.11 Å². The van der Waals surface area contributed by atoms with Crippen molar-refractivity contribution >= 4 is 34.7 Å². The van der Waals surface area contributed by atoms with Crippen molar-refractivity contribution in [3.8, 4) is 11.5 Å². The lowest BCUT2D eigenvalue weighted by molar-refractivity contribution is -0.129. The van der Waals surface area contributed by atoms with Crippen molar-refractivity contribution in [2.24, 2.45) is 5.10 Å². The lowest BCUT2D eigenvalue weighted by Gasteiger charge is -2.09. The number of hydrogen-bond donors (Lipinski definition) is 3. The predicted octanol–water partition coefficient (Wildman–Crippen LogP) is 2.19. The fourth-order valence-corrected chi connectivity index (χ4v) is 2.47. The molecule has 0 heterocycles. The SMILES string of the molecule is COc1cc(/C=N\NC(=O)[C@H](O)c2ccccc2)cc(I)c1O. The van der Waals surface area contributed by atoms with Crippen molar-refractivity contribution in [3.05, 3.63) is 57.2 Å². The molecule has 0 aliphatic rings. The van der Waals surface area contributed by atoms with Crippen LogP contribution in [0.5, 0.6) is 11.5 Å². The highest BCUT2D eigenvalue weighted by Gasteiger charge is 2.16. The van der Waals surface area contributed by atoms with Gasteiger partial charge in [-0.15, -0.1) is 0 Å². The van der Waals surface area contributed by atoms with E-state index in [1.807, 2.05) is 22.6 Å². The van der Waals surface area contributed by atoms with Crippen LogP contribution in [0.25, 0.3) is 0 Å². The van der Waals surface area contributed by atoms with Gasteiger partial charge in [0, 0.05) is 0 Å². The van der Waals surface area contributed by atoms with Gasteiger partial charge in [0.1, 0.15) is 0 Å². The van der Waals surface area contributed by atoms with Gasteiger partial charge in [0.15, 0.2) is 17.6 Å². The van der Waals surface area contributed by atoms with E-state index in [4.69, 9.17) is 4.74 Å². The van der Waals surface area contributed by atoms with E-state index in [-0.39, 0.29) is 5.75 Å². The van der Waals surface area contributed by atoms with Crippen molar-refractivity contribution < 1.29 is 19.7 Å². The highest BCUT2D eigenvalue weighted by Crippen LogP contribution is 2.31. The molecule has 0 unspecified atom stereocenters. The topological polar surface area (TPSA) is 91.2 Å². The maximum Gasteiger partial charge on any atom is 0.273 e. The third kappa shape index (κ3) is 4.42. The number of carbonyl (C=O) groups excluding carboxylic acids is 1. The van der Waals surface area contributed by atoms with Gasteiger partial charge in [0.2, 0.25) is 0 Å². The Labute approximate surface area is 146 Å². The van der Waals surface area contributed by atoms with E-state index in [1.54, 1.807) is 42.5 Å². The second kappa shape index (κ2) is 7.93. The number of nitrogens with zero attached hydrogens (tertiary/aromatic N) is 1. The molecule has 0 spiro atoms. The lowest BCUT2D eigenvalue weighted by atomic mass is 10.1. The first-order chi connectivity index (χ1) is 11.0. The molecule has 1 atom stereocenters. The van der Waals surface area contributed by atoms with Gasteiger partial charge < -0.3 is 14.9 Å². The van der Waals surface area contributed by atoms with Crippen molar-refractivity contribution in [2.45, 2.75) is 6.10 Å². The number of aliphatic hydroxyl groups is 1. The zero-order valence-electron chi connectivity index (χ0n) is 12.2. The standard InChI is InChI=1S/C16H15IN2O4/c1-23-13-8-10(7-12(17)15(13)21)9-18-19-16(22)14(20)11-5-3-2-4-6-11/h2-9,14,20-21H,1H3,(H,19,22)/b18-9-/t14-/m1/s1. The van der Waals surface area contributed by atoms with Crippen molar-refractivity contribution in [3.63, 3.8) is 0 Å². The van der Waals surface area contributed by atoms with E-state index in [9.17, 15) is 15.0 Å². The quantitative estimate of drug-likeness (QED) is 0.389. The Morgan fingerprint density at radius 3 is 2.70 bits per heavy atom. The van der Waals surface area contributed by atoms with Crippen LogP contribution in [0, 0.1) is 3.57 Å². The third-order valence-electron chi connectivity index (χ3n) is 3.02. The molecule has 0 fully saturated rings. The van der Waals surface area contributed by atoms with E-state index in [0.717, 1.165) is 0 Å². The van der Waals surface area contributed by atoms with E-state index in [2.05, 4.69) is 10.5 Å². The Hall–Kier alpha value is -2.13. The number of hydrogen-bond acceptors (Lipinski definition) is 5. The molecule has 0 bridgehead atoms. The fraction of sp³-hybridized carbons (Fsp3) is 0.125. The minimum atomic E-state index is -1.29. The molecule has 2 rings (SSSR count). The Balaban J connectivity index is 2.04. The van der Waals surface area contributed by atoms with Crippen molar-refractivity contribution in [1.82, 2.24) is 5.43 Å². The first-order valence-electron chi connectivity index (χ1n) is 6.65. The summed E-state index contributed by atoms with van der Waals surface area (Å²) in [6, 6.07) is 11.8. The summed E-state index contributed by atoms with van der Waals surface area (Å²) in [6.45, 7) is 0. The second-order valence-electron chi connectivity index (χ2n) is 4.60. The Kier molecular flexibility index (Phi) is 5.94. The Bertz CT molecular complexity index is 720. The smallest absolute Gasteiger partial charge is 0.273 e. The summed E-state index contributed by atoms with van der Waals surface area (Å²) in [5.74, 6) is -0.268. The molecule has 120 valence electrons. The van der Waals surface area contributed by atoms with Gasteiger partial charge in [-0.1, -0.05) is 30.3 Å². The predicted molar refractivity (Wildman–Crippen MR) is 94.5 cm³/mol. The number of methoxy groups -OCH3 is 1. The number of amides is 1. The number of halogens is 1. The molecule has 0 aliphatic carbocycles. The summed E-state index contributed by atoms with van der Waals surface area (Å²) >= 11 is 1.96. The van der Waals surface area contributed by atoms with Crippen LogP contribution < -0.4 is 10.2 Å². The molecule has 7 heteroatoms. The number of nitrogens with one attached hydrogen (secondary N) is 1. The number of phenolic OH excluding ortho intramolecular Hbond substituents is 1. The van der Waals surface area contributed by atoms with Crippen LogP contribution in [-0.2, 0) is 4.79 Å². The minimum absolute atomic E-state index is 0.0498. The normalized spacial score (nSPS) is 12.1. The largest absolute Gasteiger partial charge is 0.504 e. The monoisotopic (exact) mass is 426 g/mol. The summed E-state index contributed by atoms with van der Waals surface area (Å²) in [4.78, 5) is 11.8. The van der Waals surface area contributed by atoms with Gasteiger partial charge >= 0.3 is 0 Å². The Morgan fingerprint density at radius 2 is 2.04 bits per heavy atom. The molecule has 6 nitrogen and oxygen atoms in total. The molecule has 23 heavy (non-hydrogen) atoms. The summed E-state index contributed by atoms with van der Waals surface area (Å²) in [7, 11) is 1.45. The van der Waals surface area contributed by atoms with Crippen LogP contribution in [0.2, 0.25) is 0 Å². The molecule has 3 N–H and O–H groups in total. The molecule has 0 radical (unpaired) electrons. The van der Waals surface area contributed by atoms with Gasteiger partial charge in [-0.05, 0) is 45.9 Å². The second-order valence-corrected chi connectivity index (χ2v) is 5.76. The number of aromatic hydroxyl groups is 1. The molecule has 2 aromatic carbocycles. The molecule has 0 aliphatic heterocycles. The van der Waals surface area contributed by atoms with Crippen molar-refractivity contribution in [1.29, 1.82) is 0 Å². The zero-order chi connectivity index (χ0) is 16.8. The zero-order valence-corrected chi connectivity index (χ0v) is 14.4. The third-order valence-corrected chi connectivity index (χ3v) is 3.85. The highest BCUT2D eigenvalue weighted by molar-refractivity contribution is 14.1. The molecular weight excluding hydrogens is 411 g/mol. The number of rotatable bonds is 5. The summed E-state index contributed by atoms with van der Waals surface area (Å²) in [5, 5.41) is 23.5. The molecule has 0 saturated heterocycles. The van der Waals surface area contributed by atoms with Crippen LogP contribution in [-0.4, -0.2) is 29.4 Å². The minimum Gasteiger partial charge on any atom is -0.504 e. The van der Waals surface area contributed by atoms with E-state index < -0.39 is 12.0 Å². The average Bonchev–Trinajstić information content (AvgIpc) is 2.57. The first-order valence-corrected chi connectivity index (χ1v) is 7.73. The van der Waals surface area contributed by atoms with Crippen LogP contribution in [0.1, 0.15) is 17.2 Å². The number of carbonyl (C=O) groups is 1. The van der Waals surface area contributed by atoms with Gasteiger partial charge in [0.25, 0.3) is 5.91 Å². The van der Waals surface area contributed by atoms with E-state index in [1.165, 1.54) is 13.3 Å². The summed E-state index contributed by atoms with van der Waals surface area (Å²) < 4.78 is 5.64. The summed E-state index contributed by atoms with van der Waals surface area (Å²) in [5.41, 5.74) is 3.40. The van der Waals surface area contributed by atoms with Gasteiger partial charge in [0.05, 0.1) is 16.9 Å². The van der Waals surface area contributed by atoms with Crippen LogP contribution in [0.15, 0.2) is 47.6 Å². The van der Waals surface area contributed by atoms with Crippen LogP contribution in [0.4, 0.5) is 0 Å². The number of ether oxygens (including phenoxy) is 1. The summed E-state index contributed by atoms with van der Waals surface area (Å²) in [6.07, 6.45) is 0.113. The number of phenols is 1. The van der Waals surface area contributed by atoms with Crippen LogP contribution >= 0.6 is 22.6 Å². The molecular formula is C16H15IN2O4. The van der Waals surface area contributed by atoms with Gasteiger partial charge in [-0.25, -0.2) is 5.43 Å². The molecule has 1 amide bonds. The lowest BCUT2D eigenvalue weighted by Crippen LogP contribution is -2.25. The maximum absolute atomic E-state index is 11.8. The van der Waals surface area contributed by atoms with E-state index in [0.29, 0.717) is 20.4 Å². The van der Waals surface area contributed by atoms with E-state index >= 15 is 0 Å². The number of benzene rings is 2. The molecule has 0 aromatic heterocycles. The van der Waals surface area contributed by atoms with Gasteiger partial charge in [-0.2, -0.15) is 5.10 Å². The first kappa shape index (κ1) is 17.2. The average molecular weight is 426 g/mol. The Morgan fingerprint density at radius 1 is 1.35 bits per heavy atom. The fourth-order valence-electron chi connectivity index (χ4n) is 1.84. The molecule has 0 saturated carbocycles. The highest BCUT2D eigenvalue weighted by atomic mass is 127. The number of aliphatic hydroxyl groups excluding tert-OH is 1.